The monoisotopic (exact) mass is 502 g/mol. The zero-order valence-corrected chi connectivity index (χ0v) is 21.8. The molecule has 0 bridgehead atoms. The number of hydrogen-bond donors (Lipinski definition) is 4. The molecule has 1 fully saturated rings. The van der Waals surface area contributed by atoms with Gasteiger partial charge in [0.25, 0.3) is 0 Å². The molecule has 0 saturated heterocycles. The maximum Gasteiger partial charge on any atom is 0.333 e. The molecule has 2 aliphatic carbocycles. The number of cyclic esters (lactones) is 1. The first-order valence-corrected chi connectivity index (χ1v) is 13.2. The number of carbonyl (C=O) groups excluding carboxylic acids is 1. The first-order valence-electron chi connectivity index (χ1n) is 13.2. The van der Waals surface area contributed by atoms with Crippen molar-refractivity contribution in [3.8, 4) is 0 Å². The highest BCUT2D eigenvalue weighted by Crippen LogP contribution is 2.55. The summed E-state index contributed by atoms with van der Waals surface area (Å²) in [5, 5.41) is 41.5. The topological polar surface area (TPSA) is 124 Å². The largest absolute Gasteiger partial charge is 0.478 e. The van der Waals surface area contributed by atoms with Crippen LogP contribution in [0.2, 0.25) is 0 Å². The first-order chi connectivity index (χ1) is 17.0. The first kappa shape index (κ1) is 28.4. The molecule has 0 aromatic carbocycles. The van der Waals surface area contributed by atoms with Gasteiger partial charge in [0.05, 0.1) is 35.9 Å². The van der Waals surface area contributed by atoms with Crippen molar-refractivity contribution in [1.29, 1.82) is 0 Å². The quantitative estimate of drug-likeness (QED) is 0.334. The molecule has 9 atom stereocenters. The number of carboxylic acid groups (broad SMARTS) is 1. The Labute approximate surface area is 214 Å². The highest BCUT2D eigenvalue weighted by molar-refractivity contribution is 5.87. The average molecular weight is 503 g/mol. The van der Waals surface area contributed by atoms with Gasteiger partial charge in [0.2, 0.25) is 0 Å². The fourth-order valence-corrected chi connectivity index (χ4v) is 6.23. The summed E-state index contributed by atoms with van der Waals surface area (Å²) >= 11 is 0. The van der Waals surface area contributed by atoms with Gasteiger partial charge in [-0.3, -0.25) is 4.79 Å². The van der Waals surface area contributed by atoms with Crippen molar-refractivity contribution < 1.29 is 34.8 Å². The number of allylic oxidation sites excluding steroid dienone is 4. The van der Waals surface area contributed by atoms with E-state index < -0.39 is 35.4 Å². The van der Waals surface area contributed by atoms with E-state index in [4.69, 9.17) is 4.74 Å². The number of esters is 1. The summed E-state index contributed by atoms with van der Waals surface area (Å²) in [6, 6.07) is 0. The summed E-state index contributed by atoms with van der Waals surface area (Å²) in [6.45, 7) is 7.28. The second-order valence-corrected chi connectivity index (χ2v) is 11.1. The van der Waals surface area contributed by atoms with Crippen LogP contribution >= 0.6 is 0 Å². The lowest BCUT2D eigenvalue weighted by atomic mass is 9.52. The Balaban J connectivity index is 2.04. The van der Waals surface area contributed by atoms with E-state index in [1.807, 2.05) is 32.9 Å². The molecule has 3 aliphatic rings. The maximum atomic E-state index is 13.8. The van der Waals surface area contributed by atoms with Crippen LogP contribution in [0.15, 0.2) is 47.6 Å². The minimum atomic E-state index is -1.15. The molecule has 7 nitrogen and oxygen atoms in total. The second-order valence-electron chi connectivity index (χ2n) is 11.1. The van der Waals surface area contributed by atoms with E-state index in [2.05, 4.69) is 0 Å². The van der Waals surface area contributed by atoms with Gasteiger partial charge >= 0.3 is 11.9 Å². The van der Waals surface area contributed by atoms with E-state index >= 15 is 0 Å². The van der Waals surface area contributed by atoms with Crippen molar-refractivity contribution in [1.82, 2.24) is 0 Å². The highest BCUT2D eigenvalue weighted by Gasteiger charge is 2.56. The van der Waals surface area contributed by atoms with Gasteiger partial charge in [0.1, 0.15) is 0 Å². The lowest BCUT2D eigenvalue weighted by Gasteiger charge is -2.52. The van der Waals surface area contributed by atoms with Crippen molar-refractivity contribution in [2.75, 3.05) is 6.61 Å². The summed E-state index contributed by atoms with van der Waals surface area (Å²) < 4.78 is 5.97. The molecule has 1 saturated carbocycles. The Hall–Kier alpha value is -2.22. The number of rotatable bonds is 2. The van der Waals surface area contributed by atoms with E-state index in [-0.39, 0.29) is 42.0 Å². The molecular formula is C29H42O7. The van der Waals surface area contributed by atoms with Crippen LogP contribution in [-0.4, -0.2) is 57.3 Å². The van der Waals surface area contributed by atoms with Gasteiger partial charge in [-0.2, -0.15) is 0 Å². The summed E-state index contributed by atoms with van der Waals surface area (Å²) in [4.78, 5) is 25.5. The van der Waals surface area contributed by atoms with Gasteiger partial charge in [0.15, 0.2) is 0 Å². The molecular weight excluding hydrogens is 460 g/mol. The molecule has 200 valence electrons. The van der Waals surface area contributed by atoms with Gasteiger partial charge < -0.3 is 25.2 Å². The Morgan fingerprint density at radius 3 is 2.47 bits per heavy atom. The van der Waals surface area contributed by atoms with Crippen LogP contribution in [0.1, 0.15) is 59.8 Å². The molecule has 7 heteroatoms. The minimum Gasteiger partial charge on any atom is -0.478 e. The number of aliphatic carboxylic acids is 1. The molecule has 1 heterocycles. The van der Waals surface area contributed by atoms with Crippen LogP contribution in [-0.2, 0) is 14.3 Å². The van der Waals surface area contributed by atoms with Crippen molar-refractivity contribution in [2.24, 2.45) is 35.0 Å². The van der Waals surface area contributed by atoms with E-state index in [0.717, 1.165) is 12.8 Å². The third-order valence-corrected chi connectivity index (χ3v) is 8.60. The van der Waals surface area contributed by atoms with Crippen LogP contribution in [0.5, 0.6) is 0 Å². The predicted octanol–water partition coefficient (Wildman–Crippen LogP) is 3.80. The normalized spacial score (nSPS) is 43.6. The standard InChI is InChI=1S/C29H42O7/c1-17-9-5-8-12-23-20(16-30)15-22-24(14-13-18(2)26(22)32)29(23,4)28(35)36-19(3)10-6-7-11-21(25(17)31)27(33)34/h5,8-9,11-12,15,17-19,22-26,30-32H,6-7,10,13-14,16H2,1-4H3,(H,33,34)/b9-5+,12-8+,21-11-/t17-,18-,19+,22+,23-,24-,25+,26+,29-/m0/s1. The van der Waals surface area contributed by atoms with Crippen LogP contribution in [0.4, 0.5) is 0 Å². The minimum absolute atomic E-state index is 0.0330. The fourth-order valence-electron chi connectivity index (χ4n) is 6.23. The number of aliphatic hydroxyl groups is 3. The zero-order valence-electron chi connectivity index (χ0n) is 21.8. The van der Waals surface area contributed by atoms with E-state index in [1.54, 1.807) is 31.2 Å². The van der Waals surface area contributed by atoms with Crippen LogP contribution in [0.3, 0.4) is 0 Å². The Morgan fingerprint density at radius 2 is 1.81 bits per heavy atom. The Kier molecular flexibility index (Phi) is 9.36. The molecule has 0 radical (unpaired) electrons. The lowest BCUT2D eigenvalue weighted by Crippen LogP contribution is -2.54. The molecule has 36 heavy (non-hydrogen) atoms. The van der Waals surface area contributed by atoms with Gasteiger partial charge in [-0.25, -0.2) is 4.79 Å². The number of carbonyl (C=O) groups is 2. The smallest absolute Gasteiger partial charge is 0.333 e. The Morgan fingerprint density at radius 1 is 1.11 bits per heavy atom. The number of carboxylic acids is 1. The fraction of sp³-hybridized carbons (Fsp3) is 0.655. The van der Waals surface area contributed by atoms with Gasteiger partial charge in [-0.05, 0) is 63.4 Å². The van der Waals surface area contributed by atoms with Gasteiger partial charge in [-0.1, -0.05) is 50.3 Å². The average Bonchev–Trinajstić information content (AvgIpc) is 2.83. The highest BCUT2D eigenvalue weighted by atomic mass is 16.5. The van der Waals surface area contributed by atoms with Crippen molar-refractivity contribution in [3.63, 3.8) is 0 Å². The van der Waals surface area contributed by atoms with Crippen LogP contribution in [0, 0.1) is 35.0 Å². The Bertz CT molecular complexity index is 932. The predicted molar refractivity (Wildman–Crippen MR) is 137 cm³/mol. The molecule has 0 spiro atoms. The van der Waals surface area contributed by atoms with Crippen molar-refractivity contribution in [2.45, 2.75) is 78.1 Å². The SMILES string of the molecule is C[C@@H]1CCC/C=C(\C(=O)O)[C@H](O)[C@@H](C)/C=C/C=C/[C@H]2C(CO)=C[C@H]3[C@H](O)[C@@H](C)CC[C@@H]3[C@@]2(C)C(=O)O1. The van der Waals surface area contributed by atoms with Gasteiger partial charge in [0, 0.05) is 17.8 Å². The summed E-state index contributed by atoms with van der Waals surface area (Å²) in [6.07, 6.45) is 11.7. The van der Waals surface area contributed by atoms with E-state index in [0.29, 0.717) is 24.8 Å². The number of ether oxygens (including phenoxy) is 1. The number of fused-ring (bicyclic) bond motifs is 3. The van der Waals surface area contributed by atoms with Crippen LogP contribution in [0.25, 0.3) is 0 Å². The third kappa shape index (κ3) is 5.68. The molecule has 4 N–H and O–H groups in total. The third-order valence-electron chi connectivity index (χ3n) is 8.60. The maximum absolute atomic E-state index is 13.8. The molecule has 0 aromatic heterocycles. The molecule has 0 amide bonds. The molecule has 3 rings (SSSR count). The molecule has 1 aliphatic heterocycles. The van der Waals surface area contributed by atoms with Crippen molar-refractivity contribution in [3.05, 3.63) is 47.6 Å². The molecule has 0 unspecified atom stereocenters. The summed E-state index contributed by atoms with van der Waals surface area (Å²) in [7, 11) is 0. The summed E-state index contributed by atoms with van der Waals surface area (Å²) in [5.41, 5.74) is -0.309. The zero-order chi connectivity index (χ0) is 26.6. The van der Waals surface area contributed by atoms with Gasteiger partial charge in [-0.15, -0.1) is 0 Å². The van der Waals surface area contributed by atoms with E-state index in [9.17, 15) is 30.0 Å². The second kappa shape index (κ2) is 11.9. The molecule has 0 aromatic rings. The lowest BCUT2D eigenvalue weighted by molar-refractivity contribution is -0.172. The van der Waals surface area contributed by atoms with E-state index in [1.165, 1.54) is 0 Å². The van der Waals surface area contributed by atoms with Crippen molar-refractivity contribution >= 4 is 11.9 Å². The number of hydrogen-bond acceptors (Lipinski definition) is 6. The van der Waals surface area contributed by atoms with Crippen LogP contribution < -0.4 is 0 Å². The number of aliphatic hydroxyl groups excluding tert-OH is 3. The summed E-state index contributed by atoms with van der Waals surface area (Å²) in [5.74, 6) is -2.58.